The van der Waals surface area contributed by atoms with Gasteiger partial charge in [-0.15, -0.1) is 11.3 Å². The Bertz CT molecular complexity index is 2070. The Labute approximate surface area is 286 Å². The van der Waals surface area contributed by atoms with E-state index in [-0.39, 0.29) is 23.2 Å². The Morgan fingerprint density at radius 3 is 2.54 bits per heavy atom. The molecule has 0 amide bonds. The number of nitrogens with zero attached hydrogens (tertiary/aromatic N) is 5. The molecule has 3 aromatic carbocycles. The van der Waals surface area contributed by atoms with E-state index in [2.05, 4.69) is 14.6 Å². The van der Waals surface area contributed by atoms with Crippen LogP contribution in [0.25, 0.3) is 11.3 Å². The monoisotopic (exact) mass is 725 g/mol. The zero-order valence-corrected chi connectivity index (χ0v) is 27.6. The molecule has 0 aliphatic heterocycles. The highest BCUT2D eigenvalue weighted by Gasteiger charge is 2.47. The SMILES string of the molecule is C[C@@H](c1nc(-c2ccc(C#N)cc2)cs1)[C@@](Cn1cncn1)(OC(=O)OCOC(=O)c1ccccc1COP(=O)(O)O)c1ccc(F)cc1F. The van der Waals surface area contributed by atoms with E-state index in [1.54, 1.807) is 36.6 Å². The van der Waals surface area contributed by atoms with Crippen LogP contribution in [0.3, 0.4) is 0 Å². The number of carbonyl (C=O) groups is 2. The minimum atomic E-state index is -4.85. The standard InChI is InChI=1S/C32H26F2N5O9PS/c1-20(29-38-28(15-50-29)22-8-6-21(13-35)7-9-22)32(16-39-18-36-17-37-39,26-11-10-24(33)12-27(26)34)48-31(41)46-19-45-30(40)25-5-3-2-4-23(25)14-47-49(42,43)44/h2-12,15,17-18,20H,14,16,19H2,1H3,(H2,42,43,44)/t20-,32+/m0/s1. The summed E-state index contributed by atoms with van der Waals surface area (Å²) in [6.07, 6.45) is 1.11. The Kier molecular flexibility index (Phi) is 11.1. The van der Waals surface area contributed by atoms with Gasteiger partial charge in [0.05, 0.1) is 42.0 Å². The average Bonchev–Trinajstić information content (AvgIpc) is 3.79. The van der Waals surface area contributed by atoms with Gasteiger partial charge in [-0.05, 0) is 35.9 Å². The van der Waals surface area contributed by atoms with E-state index in [9.17, 15) is 18.5 Å². The molecule has 2 aromatic heterocycles. The molecule has 2 atom stereocenters. The number of nitriles is 1. The first-order chi connectivity index (χ1) is 23.9. The number of thiazole rings is 1. The molecule has 5 aromatic rings. The van der Waals surface area contributed by atoms with Crippen molar-refractivity contribution in [2.24, 2.45) is 0 Å². The number of ether oxygens (including phenoxy) is 3. The molecule has 0 bridgehead atoms. The third kappa shape index (κ3) is 8.61. The van der Waals surface area contributed by atoms with Crippen molar-refractivity contribution >= 4 is 31.3 Å². The second-order valence-corrected chi connectivity index (χ2v) is 12.7. The van der Waals surface area contributed by atoms with Crippen LogP contribution in [0.5, 0.6) is 0 Å². The molecule has 0 unspecified atom stereocenters. The van der Waals surface area contributed by atoms with Crippen LogP contribution in [0.4, 0.5) is 13.6 Å². The van der Waals surface area contributed by atoms with Gasteiger partial charge in [0.2, 0.25) is 6.79 Å². The summed E-state index contributed by atoms with van der Waals surface area (Å²) < 4.78 is 62.7. The highest BCUT2D eigenvalue weighted by Crippen LogP contribution is 2.45. The second kappa shape index (κ2) is 15.5. The first kappa shape index (κ1) is 35.9. The molecule has 2 N–H and O–H groups in total. The van der Waals surface area contributed by atoms with Gasteiger partial charge in [-0.3, -0.25) is 4.52 Å². The number of halogens is 2. The van der Waals surface area contributed by atoms with Crippen LogP contribution in [0.1, 0.15) is 44.9 Å². The first-order valence-corrected chi connectivity index (χ1v) is 16.8. The smallest absolute Gasteiger partial charge is 0.424 e. The van der Waals surface area contributed by atoms with Gasteiger partial charge in [-0.1, -0.05) is 37.3 Å². The molecule has 18 heteroatoms. The predicted octanol–water partition coefficient (Wildman–Crippen LogP) is 5.83. The van der Waals surface area contributed by atoms with Crippen molar-refractivity contribution < 1.29 is 51.5 Å². The average molecular weight is 726 g/mol. The number of phosphoric ester groups is 1. The van der Waals surface area contributed by atoms with Gasteiger partial charge in [0.15, 0.2) is 5.60 Å². The van der Waals surface area contributed by atoms with E-state index in [0.29, 0.717) is 27.9 Å². The molecule has 0 aliphatic rings. The lowest BCUT2D eigenvalue weighted by Gasteiger charge is -2.37. The predicted molar refractivity (Wildman–Crippen MR) is 170 cm³/mol. The van der Waals surface area contributed by atoms with E-state index in [0.717, 1.165) is 12.1 Å². The number of hydrogen-bond acceptors (Lipinski definition) is 12. The van der Waals surface area contributed by atoms with E-state index < -0.39 is 56.5 Å². The zero-order valence-electron chi connectivity index (χ0n) is 25.9. The maximum Gasteiger partial charge on any atom is 0.512 e. The Hall–Kier alpha value is -5.37. The van der Waals surface area contributed by atoms with E-state index >= 15 is 4.39 Å². The number of carbonyl (C=O) groups excluding carboxylic acids is 2. The van der Waals surface area contributed by atoms with Crippen molar-refractivity contribution in [3.63, 3.8) is 0 Å². The number of esters is 1. The minimum Gasteiger partial charge on any atom is -0.424 e. The van der Waals surface area contributed by atoms with Crippen LogP contribution in [-0.4, -0.2) is 48.5 Å². The van der Waals surface area contributed by atoms with E-state index in [1.807, 2.05) is 6.07 Å². The number of hydrogen-bond donors (Lipinski definition) is 2. The zero-order chi connectivity index (χ0) is 35.9. The van der Waals surface area contributed by atoms with Crippen molar-refractivity contribution in [3.05, 3.63) is 124 Å². The minimum absolute atomic E-state index is 0.0830. The second-order valence-electron chi connectivity index (χ2n) is 10.6. The van der Waals surface area contributed by atoms with Crippen molar-refractivity contribution in [2.75, 3.05) is 6.79 Å². The fourth-order valence-corrected chi connectivity index (χ4v) is 6.21. The largest absolute Gasteiger partial charge is 0.512 e. The highest BCUT2D eigenvalue weighted by atomic mass is 32.1. The van der Waals surface area contributed by atoms with Crippen molar-refractivity contribution in [2.45, 2.75) is 31.6 Å². The van der Waals surface area contributed by atoms with Crippen LogP contribution < -0.4 is 0 Å². The summed E-state index contributed by atoms with van der Waals surface area (Å²) in [5.74, 6) is -3.89. The number of rotatable bonds is 13. The molecule has 258 valence electrons. The lowest BCUT2D eigenvalue weighted by molar-refractivity contribution is -0.0882. The molecule has 50 heavy (non-hydrogen) atoms. The highest BCUT2D eigenvalue weighted by molar-refractivity contribution is 7.46. The quantitative estimate of drug-likeness (QED) is 0.0837. The maximum absolute atomic E-state index is 15.7. The Morgan fingerprint density at radius 2 is 1.86 bits per heavy atom. The molecule has 14 nitrogen and oxygen atoms in total. The molecule has 2 heterocycles. The molecule has 0 spiro atoms. The van der Waals surface area contributed by atoms with Gasteiger partial charge >= 0.3 is 19.9 Å². The third-order valence-corrected chi connectivity index (χ3v) is 8.90. The summed E-state index contributed by atoms with van der Waals surface area (Å²) >= 11 is 1.18. The van der Waals surface area contributed by atoms with E-state index in [4.69, 9.17) is 34.2 Å². The molecule has 0 fully saturated rings. The molecule has 5 rings (SSSR count). The Balaban J connectivity index is 1.43. The summed E-state index contributed by atoms with van der Waals surface area (Å²) in [5, 5.41) is 15.3. The lowest BCUT2D eigenvalue weighted by atomic mass is 9.81. The van der Waals surface area contributed by atoms with Gasteiger partial charge in [0.1, 0.15) is 29.3 Å². The van der Waals surface area contributed by atoms with Crippen LogP contribution in [0, 0.1) is 23.0 Å². The third-order valence-electron chi connectivity index (χ3n) is 7.41. The van der Waals surface area contributed by atoms with Crippen LogP contribution >= 0.6 is 19.2 Å². The summed E-state index contributed by atoms with van der Waals surface area (Å²) in [6.45, 7) is -0.325. The fourth-order valence-electron chi connectivity index (χ4n) is 4.94. The van der Waals surface area contributed by atoms with E-state index in [1.165, 1.54) is 52.9 Å². The summed E-state index contributed by atoms with van der Waals surface area (Å²) in [4.78, 5) is 52.8. The number of benzene rings is 3. The number of phosphoric acid groups is 1. The fraction of sp³-hybridized carbons (Fsp3) is 0.188. The Morgan fingerprint density at radius 1 is 1.10 bits per heavy atom. The topological polar surface area (TPSA) is 196 Å². The number of aromatic nitrogens is 4. The molecule has 0 saturated carbocycles. The van der Waals surface area contributed by atoms with Crippen molar-refractivity contribution in [3.8, 4) is 17.3 Å². The van der Waals surface area contributed by atoms with Crippen LogP contribution in [0.2, 0.25) is 0 Å². The van der Waals surface area contributed by atoms with Gasteiger partial charge in [-0.2, -0.15) is 10.4 Å². The summed E-state index contributed by atoms with van der Waals surface area (Å²) in [5.41, 5.74) is -0.625. The van der Waals surface area contributed by atoms with Gasteiger partial charge in [-0.25, -0.2) is 37.6 Å². The van der Waals surface area contributed by atoms with Gasteiger partial charge in [0.25, 0.3) is 0 Å². The van der Waals surface area contributed by atoms with Crippen molar-refractivity contribution in [1.29, 1.82) is 5.26 Å². The summed E-state index contributed by atoms with van der Waals surface area (Å²) in [7, 11) is -4.85. The van der Waals surface area contributed by atoms with Crippen molar-refractivity contribution in [1.82, 2.24) is 19.7 Å². The van der Waals surface area contributed by atoms with Crippen LogP contribution in [0.15, 0.2) is 84.8 Å². The van der Waals surface area contributed by atoms with Crippen LogP contribution in [-0.2, 0) is 42.1 Å². The summed E-state index contributed by atoms with van der Waals surface area (Å²) in [6, 6.07) is 17.1. The molecule has 0 aliphatic carbocycles. The maximum atomic E-state index is 15.7. The molecular formula is C32H26F2N5O9PS. The first-order valence-electron chi connectivity index (χ1n) is 14.4. The van der Waals surface area contributed by atoms with Gasteiger partial charge < -0.3 is 24.0 Å². The normalized spacial score (nSPS) is 13.1. The van der Waals surface area contributed by atoms with Gasteiger partial charge in [0, 0.05) is 22.6 Å². The molecule has 0 radical (unpaired) electrons. The molecular weight excluding hydrogens is 699 g/mol. The molecule has 0 saturated heterocycles. The lowest BCUT2D eigenvalue weighted by Crippen LogP contribution is -2.43.